The summed E-state index contributed by atoms with van der Waals surface area (Å²) in [6.45, 7) is 4.46. The van der Waals surface area contributed by atoms with Gasteiger partial charge in [0, 0.05) is 6.54 Å². The van der Waals surface area contributed by atoms with Gasteiger partial charge in [-0.2, -0.15) is 0 Å². The Balaban J connectivity index is 1.65. The van der Waals surface area contributed by atoms with Crippen molar-refractivity contribution in [2.75, 3.05) is 6.54 Å². The number of nitrogens with zero attached hydrogens (tertiary/aromatic N) is 1. The van der Waals surface area contributed by atoms with E-state index in [2.05, 4.69) is 27.8 Å². The molecule has 1 amide bonds. The molecule has 122 valence electrons. The topological polar surface area (TPSA) is 74.2 Å². The van der Waals surface area contributed by atoms with Crippen molar-refractivity contribution in [2.24, 2.45) is 0 Å². The number of carbonyl (C=O) groups is 1. The Bertz CT molecular complexity index is 683. The van der Waals surface area contributed by atoms with Crippen molar-refractivity contribution in [1.82, 2.24) is 15.6 Å². The molecule has 1 aliphatic rings. The van der Waals surface area contributed by atoms with Gasteiger partial charge in [-0.1, -0.05) is 24.3 Å². The summed E-state index contributed by atoms with van der Waals surface area (Å²) in [4.78, 5) is 17.6. The molecule has 3 N–H and O–H groups in total. The largest absolute Gasteiger partial charge is 0.392 e. The van der Waals surface area contributed by atoms with Crippen molar-refractivity contribution >= 4 is 17.2 Å². The number of aryl methyl sites for hydroxylation is 1. The maximum absolute atomic E-state index is 12.2. The van der Waals surface area contributed by atoms with E-state index < -0.39 is 6.10 Å². The molecule has 3 rings (SSSR count). The van der Waals surface area contributed by atoms with Crippen molar-refractivity contribution < 1.29 is 9.90 Å². The molecule has 1 aromatic carbocycles. The molecule has 23 heavy (non-hydrogen) atoms. The summed E-state index contributed by atoms with van der Waals surface area (Å²) in [5.41, 5.74) is 5.09. The third kappa shape index (κ3) is 3.60. The van der Waals surface area contributed by atoms with Crippen LogP contribution in [0.1, 0.15) is 30.6 Å². The number of thiazole rings is 1. The molecule has 1 aliphatic heterocycles. The van der Waals surface area contributed by atoms with Gasteiger partial charge in [0.2, 0.25) is 5.91 Å². The van der Waals surface area contributed by atoms with Crippen LogP contribution >= 0.6 is 11.3 Å². The number of aromatic nitrogens is 1. The van der Waals surface area contributed by atoms with E-state index in [9.17, 15) is 9.90 Å². The van der Waals surface area contributed by atoms with Gasteiger partial charge >= 0.3 is 0 Å². The summed E-state index contributed by atoms with van der Waals surface area (Å²) < 4.78 is 0. The summed E-state index contributed by atoms with van der Waals surface area (Å²) in [6.07, 6.45) is 0.0466. The van der Waals surface area contributed by atoms with Gasteiger partial charge in [-0.15, -0.1) is 11.3 Å². The van der Waals surface area contributed by atoms with Gasteiger partial charge in [0.05, 0.1) is 34.3 Å². The molecule has 0 bridgehead atoms. The first-order valence-corrected chi connectivity index (χ1v) is 8.65. The quantitative estimate of drug-likeness (QED) is 0.801. The normalized spacial score (nSPS) is 22.0. The van der Waals surface area contributed by atoms with E-state index in [0.29, 0.717) is 13.0 Å². The van der Waals surface area contributed by atoms with E-state index >= 15 is 0 Å². The summed E-state index contributed by atoms with van der Waals surface area (Å²) in [5, 5.41) is 15.5. The number of carbonyl (C=O) groups excluding carboxylic acids is 1. The molecule has 2 aromatic rings. The lowest BCUT2D eigenvalue weighted by atomic mass is 10.0. The molecule has 0 saturated carbocycles. The van der Waals surface area contributed by atoms with Gasteiger partial charge in [0.15, 0.2) is 0 Å². The van der Waals surface area contributed by atoms with Crippen molar-refractivity contribution in [1.29, 1.82) is 0 Å². The van der Waals surface area contributed by atoms with Crippen molar-refractivity contribution in [3.05, 3.63) is 41.0 Å². The highest BCUT2D eigenvalue weighted by molar-refractivity contribution is 7.13. The number of β-amino-alcohol motifs (C(OH)–C–C–N with tert-alkyl or cyclic N) is 1. The first-order chi connectivity index (χ1) is 11.0. The third-order valence-corrected chi connectivity index (χ3v) is 5.18. The molecule has 0 aliphatic carbocycles. The van der Waals surface area contributed by atoms with Crippen molar-refractivity contribution in [3.63, 3.8) is 0 Å². The molecule has 1 saturated heterocycles. The number of hydrogen-bond donors (Lipinski definition) is 3. The Morgan fingerprint density at radius 1 is 1.43 bits per heavy atom. The van der Waals surface area contributed by atoms with E-state index in [4.69, 9.17) is 0 Å². The average Bonchev–Trinajstić information content (AvgIpc) is 3.16. The maximum atomic E-state index is 12.2. The minimum atomic E-state index is -0.428. The molecule has 1 fully saturated rings. The minimum absolute atomic E-state index is 0.0589. The lowest BCUT2D eigenvalue weighted by Crippen LogP contribution is -2.41. The fraction of sp³-hybridized carbons (Fsp3) is 0.412. The lowest BCUT2D eigenvalue weighted by molar-refractivity contribution is -0.123. The maximum Gasteiger partial charge on any atom is 0.237 e. The van der Waals surface area contributed by atoms with Crippen LogP contribution in [0, 0.1) is 6.92 Å². The zero-order chi connectivity index (χ0) is 16.4. The van der Waals surface area contributed by atoms with Crippen LogP contribution in [0.2, 0.25) is 0 Å². The van der Waals surface area contributed by atoms with E-state index in [1.54, 1.807) is 11.3 Å². The highest BCUT2D eigenvalue weighted by Crippen LogP contribution is 2.28. The summed E-state index contributed by atoms with van der Waals surface area (Å²) in [6, 6.07) is 7.84. The van der Waals surface area contributed by atoms with Crippen LogP contribution in [0.5, 0.6) is 0 Å². The number of rotatable bonds is 4. The van der Waals surface area contributed by atoms with Crippen LogP contribution in [0.4, 0.5) is 0 Å². The number of nitrogens with one attached hydrogen (secondary N) is 2. The number of aliphatic hydroxyl groups excluding tert-OH is 1. The molecule has 1 aromatic heterocycles. The Labute approximate surface area is 139 Å². The first kappa shape index (κ1) is 16.1. The van der Waals surface area contributed by atoms with Crippen LogP contribution in [-0.2, 0) is 4.79 Å². The SMILES string of the molecule is Cc1ncsc1-c1ccc([C@H](C)NC(=O)C2C[C@@H](O)CN2)cc1. The Morgan fingerprint density at radius 2 is 2.17 bits per heavy atom. The smallest absolute Gasteiger partial charge is 0.237 e. The first-order valence-electron chi connectivity index (χ1n) is 7.77. The monoisotopic (exact) mass is 331 g/mol. The molecular formula is C17H21N3O2S. The Hall–Kier alpha value is -1.76. The predicted molar refractivity (Wildman–Crippen MR) is 91.3 cm³/mol. The number of benzene rings is 1. The highest BCUT2D eigenvalue weighted by Gasteiger charge is 2.28. The standard InChI is InChI=1S/C17H21N3O2S/c1-10(20-17(22)15-7-14(21)8-18-15)12-3-5-13(6-4-12)16-11(2)19-9-23-16/h3-6,9-10,14-15,18,21H,7-8H2,1-2H3,(H,20,22)/t10-,14+,15?/m0/s1. The predicted octanol–water partition coefficient (Wildman–Crippen LogP) is 2.02. The van der Waals surface area contributed by atoms with Gasteiger partial charge in [-0.3, -0.25) is 4.79 Å². The van der Waals surface area contributed by atoms with Gasteiger partial charge in [0.25, 0.3) is 0 Å². The number of hydrogen-bond acceptors (Lipinski definition) is 5. The zero-order valence-electron chi connectivity index (χ0n) is 13.2. The molecule has 2 heterocycles. The van der Waals surface area contributed by atoms with Crippen molar-refractivity contribution in [3.8, 4) is 10.4 Å². The molecule has 5 nitrogen and oxygen atoms in total. The Kier molecular flexibility index (Phi) is 4.75. The lowest BCUT2D eigenvalue weighted by Gasteiger charge is -2.18. The van der Waals surface area contributed by atoms with Gasteiger partial charge < -0.3 is 15.7 Å². The second-order valence-corrected chi connectivity index (χ2v) is 6.82. The molecule has 3 atom stereocenters. The second-order valence-electron chi connectivity index (χ2n) is 5.97. The number of aliphatic hydroxyl groups is 1. The highest BCUT2D eigenvalue weighted by atomic mass is 32.1. The number of amides is 1. The summed E-state index contributed by atoms with van der Waals surface area (Å²) >= 11 is 1.63. The minimum Gasteiger partial charge on any atom is -0.392 e. The fourth-order valence-corrected chi connectivity index (χ4v) is 3.63. The zero-order valence-corrected chi connectivity index (χ0v) is 14.1. The van der Waals surface area contributed by atoms with E-state index in [-0.39, 0.29) is 18.0 Å². The molecular weight excluding hydrogens is 310 g/mol. The molecule has 1 unspecified atom stereocenters. The van der Waals surface area contributed by atoms with Gasteiger partial charge in [0.1, 0.15) is 0 Å². The van der Waals surface area contributed by atoms with E-state index in [1.807, 2.05) is 31.5 Å². The third-order valence-electron chi connectivity index (χ3n) is 4.20. The van der Waals surface area contributed by atoms with Crippen LogP contribution in [0.25, 0.3) is 10.4 Å². The van der Waals surface area contributed by atoms with Gasteiger partial charge in [-0.25, -0.2) is 4.98 Å². The van der Waals surface area contributed by atoms with Crippen LogP contribution < -0.4 is 10.6 Å². The van der Waals surface area contributed by atoms with Crippen LogP contribution in [-0.4, -0.2) is 34.7 Å². The average molecular weight is 331 g/mol. The molecule has 6 heteroatoms. The second kappa shape index (κ2) is 6.78. The Morgan fingerprint density at radius 3 is 2.74 bits per heavy atom. The van der Waals surface area contributed by atoms with Crippen molar-refractivity contribution in [2.45, 2.75) is 38.5 Å². The summed E-state index contributed by atoms with van der Waals surface area (Å²) in [5.74, 6) is -0.0589. The van der Waals surface area contributed by atoms with Crippen LogP contribution in [0.3, 0.4) is 0 Å². The fourth-order valence-electron chi connectivity index (χ4n) is 2.82. The molecule has 0 spiro atoms. The summed E-state index contributed by atoms with van der Waals surface area (Å²) in [7, 11) is 0. The van der Waals surface area contributed by atoms with Crippen LogP contribution in [0.15, 0.2) is 29.8 Å². The van der Waals surface area contributed by atoms with E-state index in [1.165, 1.54) is 4.88 Å². The van der Waals surface area contributed by atoms with E-state index in [0.717, 1.165) is 16.8 Å². The van der Waals surface area contributed by atoms with Gasteiger partial charge in [-0.05, 0) is 31.4 Å². The molecule has 0 radical (unpaired) electrons.